The topological polar surface area (TPSA) is 17.8 Å². The van der Waals surface area contributed by atoms with Crippen LogP contribution in [0.4, 0.5) is 4.39 Å². The standard InChI is InChI=1S/C11H9Br2FN2/c1-6-10(13)11(16(2)15-6)7-3-4-8(12)9(14)5-7/h3-5H,1-2H3. The first kappa shape index (κ1) is 11.8. The van der Waals surface area contributed by atoms with Crippen LogP contribution >= 0.6 is 31.9 Å². The molecule has 0 atom stereocenters. The zero-order valence-corrected chi connectivity index (χ0v) is 11.9. The summed E-state index contributed by atoms with van der Waals surface area (Å²) in [6.07, 6.45) is 0. The predicted octanol–water partition coefficient (Wildman–Crippen LogP) is 4.06. The fraction of sp³-hybridized carbons (Fsp3) is 0.182. The highest BCUT2D eigenvalue weighted by atomic mass is 79.9. The van der Waals surface area contributed by atoms with E-state index in [9.17, 15) is 4.39 Å². The fourth-order valence-corrected chi connectivity index (χ4v) is 2.40. The molecule has 0 spiro atoms. The van der Waals surface area contributed by atoms with E-state index in [2.05, 4.69) is 37.0 Å². The second kappa shape index (κ2) is 4.30. The minimum Gasteiger partial charge on any atom is -0.266 e. The van der Waals surface area contributed by atoms with E-state index in [1.54, 1.807) is 10.7 Å². The van der Waals surface area contributed by atoms with E-state index in [0.29, 0.717) is 4.47 Å². The first-order valence-corrected chi connectivity index (χ1v) is 6.24. The number of aromatic nitrogens is 2. The van der Waals surface area contributed by atoms with E-state index in [-0.39, 0.29) is 5.82 Å². The molecule has 0 radical (unpaired) electrons. The summed E-state index contributed by atoms with van der Waals surface area (Å²) in [7, 11) is 1.84. The summed E-state index contributed by atoms with van der Waals surface area (Å²) in [5.41, 5.74) is 2.57. The Kier molecular flexibility index (Phi) is 3.17. The van der Waals surface area contributed by atoms with Crippen LogP contribution in [-0.2, 0) is 7.05 Å². The molecule has 2 rings (SSSR count). The third-order valence-corrected chi connectivity index (χ3v) is 3.93. The molecular formula is C11H9Br2FN2. The largest absolute Gasteiger partial charge is 0.266 e. The monoisotopic (exact) mass is 346 g/mol. The Hall–Kier alpha value is -0.680. The molecule has 0 N–H and O–H groups in total. The molecule has 0 unspecified atom stereocenters. The summed E-state index contributed by atoms with van der Waals surface area (Å²) in [4.78, 5) is 0. The Bertz CT molecular complexity index is 549. The summed E-state index contributed by atoms with van der Waals surface area (Å²) < 4.78 is 16.5. The molecule has 2 aromatic rings. The van der Waals surface area contributed by atoms with E-state index < -0.39 is 0 Å². The van der Waals surface area contributed by atoms with Crippen LogP contribution in [-0.4, -0.2) is 9.78 Å². The fourth-order valence-electron chi connectivity index (χ4n) is 1.59. The van der Waals surface area contributed by atoms with Crippen molar-refractivity contribution >= 4 is 31.9 Å². The Balaban J connectivity index is 2.63. The van der Waals surface area contributed by atoms with Gasteiger partial charge >= 0.3 is 0 Å². The summed E-state index contributed by atoms with van der Waals surface area (Å²) in [6, 6.07) is 5.04. The number of nitrogens with zero attached hydrogens (tertiary/aromatic N) is 2. The highest BCUT2D eigenvalue weighted by molar-refractivity contribution is 9.10. The van der Waals surface area contributed by atoms with E-state index in [1.807, 2.05) is 20.0 Å². The molecule has 16 heavy (non-hydrogen) atoms. The van der Waals surface area contributed by atoms with Crippen LogP contribution in [0, 0.1) is 12.7 Å². The lowest BCUT2D eigenvalue weighted by Crippen LogP contribution is -1.94. The van der Waals surface area contributed by atoms with Crippen molar-refractivity contribution in [3.63, 3.8) is 0 Å². The molecule has 0 fully saturated rings. The minimum atomic E-state index is -0.275. The van der Waals surface area contributed by atoms with Gasteiger partial charge < -0.3 is 0 Å². The van der Waals surface area contributed by atoms with Crippen LogP contribution in [0.1, 0.15) is 5.69 Å². The average molecular weight is 348 g/mol. The normalized spacial score (nSPS) is 10.8. The number of aryl methyl sites for hydroxylation is 2. The molecule has 0 bridgehead atoms. The van der Waals surface area contributed by atoms with Crippen LogP contribution < -0.4 is 0 Å². The van der Waals surface area contributed by atoms with Crippen LogP contribution in [0.25, 0.3) is 11.3 Å². The van der Waals surface area contributed by atoms with Crippen molar-refractivity contribution in [1.29, 1.82) is 0 Å². The average Bonchev–Trinajstić information content (AvgIpc) is 2.47. The van der Waals surface area contributed by atoms with E-state index >= 15 is 0 Å². The highest BCUT2D eigenvalue weighted by Gasteiger charge is 2.13. The maximum atomic E-state index is 13.4. The van der Waals surface area contributed by atoms with Crippen molar-refractivity contribution in [2.75, 3.05) is 0 Å². The van der Waals surface area contributed by atoms with Crippen molar-refractivity contribution in [2.24, 2.45) is 7.05 Å². The summed E-state index contributed by atoms with van der Waals surface area (Å²) >= 11 is 6.60. The Morgan fingerprint density at radius 2 is 2.00 bits per heavy atom. The molecule has 0 aliphatic rings. The van der Waals surface area contributed by atoms with Crippen molar-refractivity contribution < 1.29 is 4.39 Å². The lowest BCUT2D eigenvalue weighted by atomic mass is 10.1. The van der Waals surface area contributed by atoms with Gasteiger partial charge in [-0.25, -0.2) is 4.39 Å². The van der Waals surface area contributed by atoms with Gasteiger partial charge in [-0.2, -0.15) is 5.10 Å². The molecule has 0 saturated carbocycles. The van der Waals surface area contributed by atoms with E-state index in [1.165, 1.54) is 6.07 Å². The lowest BCUT2D eigenvalue weighted by Gasteiger charge is -2.04. The van der Waals surface area contributed by atoms with Crippen LogP contribution in [0.3, 0.4) is 0 Å². The van der Waals surface area contributed by atoms with Crippen molar-refractivity contribution in [3.05, 3.63) is 38.7 Å². The first-order valence-electron chi connectivity index (χ1n) is 4.65. The Morgan fingerprint density at radius 3 is 2.50 bits per heavy atom. The Labute approximate surface area is 110 Å². The number of halogens is 3. The third kappa shape index (κ3) is 1.94. The molecule has 0 amide bonds. The molecule has 0 aliphatic carbocycles. The minimum absolute atomic E-state index is 0.275. The molecule has 0 aliphatic heterocycles. The molecule has 0 saturated heterocycles. The second-order valence-electron chi connectivity index (χ2n) is 3.50. The van der Waals surface area contributed by atoms with Gasteiger partial charge in [-0.3, -0.25) is 4.68 Å². The smallest absolute Gasteiger partial charge is 0.138 e. The second-order valence-corrected chi connectivity index (χ2v) is 5.15. The molecule has 5 heteroatoms. The van der Waals surface area contributed by atoms with Crippen LogP contribution in [0.5, 0.6) is 0 Å². The summed E-state index contributed by atoms with van der Waals surface area (Å²) in [5.74, 6) is -0.275. The maximum absolute atomic E-state index is 13.4. The first-order chi connectivity index (χ1) is 7.50. The number of hydrogen-bond donors (Lipinski definition) is 0. The van der Waals surface area contributed by atoms with Crippen LogP contribution in [0.2, 0.25) is 0 Å². The van der Waals surface area contributed by atoms with Gasteiger partial charge in [0.05, 0.1) is 20.3 Å². The summed E-state index contributed by atoms with van der Waals surface area (Å²) in [6.45, 7) is 1.91. The van der Waals surface area contributed by atoms with E-state index in [0.717, 1.165) is 21.4 Å². The molecule has 1 aromatic carbocycles. The van der Waals surface area contributed by atoms with Gasteiger partial charge in [-0.15, -0.1) is 0 Å². The highest BCUT2D eigenvalue weighted by Crippen LogP contribution is 2.31. The number of benzene rings is 1. The van der Waals surface area contributed by atoms with E-state index in [4.69, 9.17) is 0 Å². The van der Waals surface area contributed by atoms with Gasteiger partial charge in [0.1, 0.15) is 5.82 Å². The van der Waals surface area contributed by atoms with Crippen molar-refractivity contribution in [1.82, 2.24) is 9.78 Å². The third-order valence-electron chi connectivity index (χ3n) is 2.34. The van der Waals surface area contributed by atoms with Crippen molar-refractivity contribution in [3.8, 4) is 11.3 Å². The SMILES string of the molecule is Cc1nn(C)c(-c2ccc(Br)c(F)c2)c1Br. The van der Waals surface area contributed by atoms with Gasteiger partial charge in [0.25, 0.3) is 0 Å². The number of hydrogen-bond acceptors (Lipinski definition) is 1. The van der Waals surface area contributed by atoms with Gasteiger partial charge in [-0.1, -0.05) is 6.07 Å². The zero-order chi connectivity index (χ0) is 11.9. The molecule has 84 valence electrons. The van der Waals surface area contributed by atoms with Gasteiger partial charge in [0, 0.05) is 12.6 Å². The predicted molar refractivity (Wildman–Crippen MR) is 68.7 cm³/mol. The van der Waals surface area contributed by atoms with Gasteiger partial charge in [0.15, 0.2) is 0 Å². The molecule has 1 aromatic heterocycles. The molecule has 1 heterocycles. The Morgan fingerprint density at radius 1 is 1.31 bits per heavy atom. The zero-order valence-electron chi connectivity index (χ0n) is 8.76. The maximum Gasteiger partial charge on any atom is 0.138 e. The van der Waals surface area contributed by atoms with Gasteiger partial charge in [0.2, 0.25) is 0 Å². The molecule has 2 nitrogen and oxygen atoms in total. The van der Waals surface area contributed by atoms with Crippen LogP contribution in [0.15, 0.2) is 27.1 Å². The lowest BCUT2D eigenvalue weighted by molar-refractivity contribution is 0.621. The number of rotatable bonds is 1. The quantitative estimate of drug-likeness (QED) is 0.760. The van der Waals surface area contributed by atoms with Gasteiger partial charge in [-0.05, 0) is 50.9 Å². The molecular weight excluding hydrogens is 339 g/mol. The van der Waals surface area contributed by atoms with Crippen molar-refractivity contribution in [2.45, 2.75) is 6.92 Å². The summed E-state index contributed by atoms with van der Waals surface area (Å²) in [5, 5.41) is 4.27.